The number of nitrogens with zero attached hydrogens (tertiary/aromatic N) is 2. The first-order chi connectivity index (χ1) is 10.2. The topological polar surface area (TPSA) is 54.9 Å². The number of hydrogen-bond acceptors (Lipinski definition) is 4. The largest absolute Gasteiger partial charge is 0.322 e. The number of halogens is 1. The Kier molecular flexibility index (Phi) is 3.94. The van der Waals surface area contributed by atoms with Crippen molar-refractivity contribution in [1.82, 2.24) is 9.97 Å². The van der Waals surface area contributed by atoms with Gasteiger partial charge in [0.2, 0.25) is 0 Å². The molecule has 1 aromatic carbocycles. The van der Waals surface area contributed by atoms with Gasteiger partial charge in [0.25, 0.3) is 5.91 Å². The molecule has 0 spiro atoms. The van der Waals surface area contributed by atoms with E-state index in [-0.39, 0.29) is 5.91 Å². The summed E-state index contributed by atoms with van der Waals surface area (Å²) in [5.74, 6) is -0.282. The van der Waals surface area contributed by atoms with Crippen molar-refractivity contribution in [3.63, 3.8) is 0 Å². The van der Waals surface area contributed by atoms with Gasteiger partial charge in [-0.25, -0.2) is 4.98 Å². The second kappa shape index (κ2) is 6.03. The van der Waals surface area contributed by atoms with Crippen LogP contribution in [0.25, 0.3) is 10.6 Å². The number of carbonyl (C=O) groups is 1. The number of carbonyl (C=O) groups excluding carboxylic acids is 1. The van der Waals surface area contributed by atoms with E-state index in [1.807, 2.05) is 29.6 Å². The number of amides is 1. The van der Waals surface area contributed by atoms with Gasteiger partial charge in [0.05, 0.1) is 10.6 Å². The van der Waals surface area contributed by atoms with Gasteiger partial charge in [-0.15, -0.1) is 11.3 Å². The molecule has 0 atom stereocenters. The average Bonchev–Trinajstić information content (AvgIpc) is 3.02. The number of pyridine rings is 1. The van der Waals surface area contributed by atoms with Gasteiger partial charge in [0, 0.05) is 35.2 Å². The fourth-order valence-corrected chi connectivity index (χ4v) is 2.64. The Labute approximate surface area is 130 Å². The summed E-state index contributed by atoms with van der Waals surface area (Å²) in [6.45, 7) is 0. The van der Waals surface area contributed by atoms with Crippen LogP contribution < -0.4 is 5.32 Å². The van der Waals surface area contributed by atoms with Gasteiger partial charge in [-0.3, -0.25) is 9.78 Å². The summed E-state index contributed by atoms with van der Waals surface area (Å²) < 4.78 is 0. The van der Waals surface area contributed by atoms with E-state index >= 15 is 0 Å². The molecule has 6 heteroatoms. The Bertz CT molecular complexity index is 757. The van der Waals surface area contributed by atoms with Crippen molar-refractivity contribution in [2.45, 2.75) is 0 Å². The Hall–Kier alpha value is -2.24. The molecule has 1 N–H and O–H groups in total. The summed E-state index contributed by atoms with van der Waals surface area (Å²) >= 11 is 7.54. The van der Waals surface area contributed by atoms with Crippen molar-refractivity contribution < 1.29 is 4.79 Å². The second-order valence-electron chi connectivity index (χ2n) is 4.22. The van der Waals surface area contributed by atoms with Crippen molar-refractivity contribution in [1.29, 1.82) is 0 Å². The SMILES string of the molecule is O=C(Nc1ccc(-c2nccs2)cc1)c1cnccc1Cl. The van der Waals surface area contributed by atoms with E-state index in [0.717, 1.165) is 10.6 Å². The molecule has 2 aromatic heterocycles. The van der Waals surface area contributed by atoms with Crippen molar-refractivity contribution in [3.05, 3.63) is 64.9 Å². The summed E-state index contributed by atoms with van der Waals surface area (Å²) in [4.78, 5) is 20.2. The minimum atomic E-state index is -0.282. The molecule has 0 aliphatic rings. The summed E-state index contributed by atoms with van der Waals surface area (Å²) in [5.41, 5.74) is 2.06. The van der Waals surface area contributed by atoms with Crippen LogP contribution in [-0.4, -0.2) is 15.9 Å². The molecule has 21 heavy (non-hydrogen) atoms. The molecule has 0 unspecified atom stereocenters. The minimum absolute atomic E-state index is 0.282. The average molecular weight is 316 g/mol. The maximum absolute atomic E-state index is 12.1. The number of rotatable bonds is 3. The second-order valence-corrected chi connectivity index (χ2v) is 5.53. The summed E-state index contributed by atoms with van der Waals surface area (Å²) in [6.07, 6.45) is 4.75. The van der Waals surface area contributed by atoms with Crippen molar-refractivity contribution in [3.8, 4) is 10.6 Å². The molecule has 3 aromatic rings. The van der Waals surface area contributed by atoms with Gasteiger partial charge in [0.15, 0.2) is 0 Å². The molecule has 1 amide bonds. The summed E-state index contributed by atoms with van der Waals surface area (Å²) in [6, 6.07) is 9.08. The van der Waals surface area contributed by atoms with Crippen LogP contribution in [0, 0.1) is 0 Å². The first-order valence-electron chi connectivity index (χ1n) is 6.15. The van der Waals surface area contributed by atoms with Crippen LogP contribution >= 0.6 is 22.9 Å². The number of nitrogens with one attached hydrogen (secondary N) is 1. The lowest BCUT2D eigenvalue weighted by atomic mass is 10.2. The fourth-order valence-electron chi connectivity index (χ4n) is 1.81. The molecule has 4 nitrogen and oxygen atoms in total. The molecule has 0 saturated carbocycles. The fraction of sp³-hybridized carbons (Fsp3) is 0. The third-order valence-corrected chi connectivity index (χ3v) is 3.99. The quantitative estimate of drug-likeness (QED) is 0.791. The zero-order chi connectivity index (χ0) is 14.7. The van der Waals surface area contributed by atoms with E-state index < -0.39 is 0 Å². The van der Waals surface area contributed by atoms with Gasteiger partial charge in [-0.2, -0.15) is 0 Å². The van der Waals surface area contributed by atoms with Crippen molar-refractivity contribution in [2.24, 2.45) is 0 Å². The molecule has 2 heterocycles. The smallest absolute Gasteiger partial charge is 0.258 e. The number of benzene rings is 1. The van der Waals surface area contributed by atoms with Crippen LogP contribution in [0.5, 0.6) is 0 Å². The Morgan fingerprint density at radius 3 is 2.62 bits per heavy atom. The molecule has 0 aliphatic carbocycles. The molecule has 0 radical (unpaired) electrons. The molecular weight excluding hydrogens is 306 g/mol. The molecular formula is C15H10ClN3OS. The summed E-state index contributed by atoms with van der Waals surface area (Å²) in [5, 5.41) is 6.04. The molecule has 3 rings (SSSR count). The van der Waals surface area contributed by atoms with E-state index in [1.54, 1.807) is 29.8 Å². The number of aromatic nitrogens is 2. The molecule has 0 saturated heterocycles. The zero-order valence-corrected chi connectivity index (χ0v) is 12.4. The highest BCUT2D eigenvalue weighted by molar-refractivity contribution is 7.13. The van der Waals surface area contributed by atoms with Crippen molar-refractivity contribution in [2.75, 3.05) is 5.32 Å². The van der Waals surface area contributed by atoms with Gasteiger partial charge in [-0.05, 0) is 30.3 Å². The van der Waals surface area contributed by atoms with E-state index in [9.17, 15) is 4.79 Å². The van der Waals surface area contributed by atoms with Gasteiger partial charge in [0.1, 0.15) is 5.01 Å². The van der Waals surface area contributed by atoms with E-state index in [2.05, 4.69) is 15.3 Å². The highest BCUT2D eigenvalue weighted by Crippen LogP contribution is 2.23. The highest BCUT2D eigenvalue weighted by atomic mass is 35.5. The third kappa shape index (κ3) is 3.09. The van der Waals surface area contributed by atoms with Gasteiger partial charge >= 0.3 is 0 Å². The van der Waals surface area contributed by atoms with E-state index in [0.29, 0.717) is 16.3 Å². The van der Waals surface area contributed by atoms with E-state index in [4.69, 9.17) is 11.6 Å². The maximum Gasteiger partial charge on any atom is 0.258 e. The van der Waals surface area contributed by atoms with Gasteiger partial charge < -0.3 is 5.32 Å². The van der Waals surface area contributed by atoms with Crippen LogP contribution in [0.15, 0.2) is 54.3 Å². The van der Waals surface area contributed by atoms with Gasteiger partial charge in [-0.1, -0.05) is 11.6 Å². The maximum atomic E-state index is 12.1. The van der Waals surface area contributed by atoms with Crippen LogP contribution in [0.3, 0.4) is 0 Å². The van der Waals surface area contributed by atoms with Crippen LogP contribution in [0.2, 0.25) is 5.02 Å². The van der Waals surface area contributed by atoms with E-state index in [1.165, 1.54) is 6.20 Å². The van der Waals surface area contributed by atoms with Crippen LogP contribution in [0.4, 0.5) is 5.69 Å². The Morgan fingerprint density at radius 2 is 1.95 bits per heavy atom. The normalized spacial score (nSPS) is 10.3. The molecule has 0 aliphatic heterocycles. The zero-order valence-electron chi connectivity index (χ0n) is 10.8. The van der Waals surface area contributed by atoms with Crippen LogP contribution in [-0.2, 0) is 0 Å². The first kappa shape index (κ1) is 13.7. The lowest BCUT2D eigenvalue weighted by Gasteiger charge is -2.06. The Morgan fingerprint density at radius 1 is 1.14 bits per heavy atom. The highest BCUT2D eigenvalue weighted by Gasteiger charge is 2.10. The molecule has 0 bridgehead atoms. The number of hydrogen-bond donors (Lipinski definition) is 1. The number of anilines is 1. The predicted octanol–water partition coefficient (Wildman–Crippen LogP) is 4.11. The lowest BCUT2D eigenvalue weighted by Crippen LogP contribution is -2.12. The monoisotopic (exact) mass is 315 g/mol. The third-order valence-electron chi connectivity index (χ3n) is 2.83. The lowest BCUT2D eigenvalue weighted by molar-refractivity contribution is 0.102. The predicted molar refractivity (Wildman–Crippen MR) is 84.8 cm³/mol. The minimum Gasteiger partial charge on any atom is -0.322 e. The molecule has 0 fully saturated rings. The first-order valence-corrected chi connectivity index (χ1v) is 7.40. The number of thiazole rings is 1. The molecule has 104 valence electrons. The standard InChI is InChI=1S/C15H10ClN3OS/c16-13-5-6-17-9-12(13)14(20)19-11-3-1-10(2-4-11)15-18-7-8-21-15/h1-9H,(H,19,20). The van der Waals surface area contributed by atoms with Crippen LogP contribution in [0.1, 0.15) is 10.4 Å². The van der Waals surface area contributed by atoms with Crippen molar-refractivity contribution >= 4 is 34.5 Å². The Balaban J connectivity index is 1.77. The summed E-state index contributed by atoms with van der Waals surface area (Å²) in [7, 11) is 0.